The van der Waals surface area contributed by atoms with Crippen LogP contribution in [0.1, 0.15) is 11.1 Å². The lowest BCUT2D eigenvalue weighted by Crippen LogP contribution is -2.42. The van der Waals surface area contributed by atoms with Gasteiger partial charge in [-0.1, -0.05) is 59.6 Å². The molecule has 198 valence electrons. The van der Waals surface area contributed by atoms with Gasteiger partial charge in [0, 0.05) is 24.7 Å². The lowest BCUT2D eigenvalue weighted by atomic mass is 10.2. The molecule has 0 bridgehead atoms. The molecule has 37 heavy (non-hydrogen) atoms. The van der Waals surface area contributed by atoms with Gasteiger partial charge in [0.15, 0.2) is 0 Å². The second-order valence-electron chi connectivity index (χ2n) is 8.11. The maximum absolute atomic E-state index is 13.6. The van der Waals surface area contributed by atoms with Crippen molar-refractivity contribution >= 4 is 37.6 Å². The van der Waals surface area contributed by atoms with Gasteiger partial charge in [0.2, 0.25) is 26.0 Å². The fourth-order valence-electron chi connectivity index (χ4n) is 3.41. The average molecular weight is 566 g/mol. The van der Waals surface area contributed by atoms with Gasteiger partial charge < -0.3 is 10.1 Å². The highest BCUT2D eigenvalue weighted by molar-refractivity contribution is 7.89. The van der Waals surface area contributed by atoms with Crippen molar-refractivity contribution in [3.8, 4) is 5.75 Å². The number of carbonyl (C=O) groups is 1. The number of hydrogen-bond donors (Lipinski definition) is 2. The van der Waals surface area contributed by atoms with Gasteiger partial charge in [-0.25, -0.2) is 21.6 Å². The fourth-order valence-corrected chi connectivity index (χ4v) is 6.24. The highest BCUT2D eigenvalue weighted by atomic mass is 35.5. The van der Waals surface area contributed by atoms with E-state index in [0.29, 0.717) is 5.56 Å². The van der Waals surface area contributed by atoms with E-state index >= 15 is 0 Å². The molecule has 3 aromatic rings. The first-order valence-electron chi connectivity index (χ1n) is 11.2. The molecule has 12 heteroatoms. The van der Waals surface area contributed by atoms with Crippen LogP contribution in [0.25, 0.3) is 0 Å². The molecule has 0 atom stereocenters. The van der Waals surface area contributed by atoms with Crippen LogP contribution in [0.15, 0.2) is 82.6 Å². The van der Waals surface area contributed by atoms with Gasteiger partial charge >= 0.3 is 0 Å². The number of aryl methyl sites for hydroxylation is 1. The Kier molecular flexibility index (Phi) is 9.68. The summed E-state index contributed by atoms with van der Waals surface area (Å²) in [6, 6.07) is 19.4. The number of sulfonamides is 2. The van der Waals surface area contributed by atoms with E-state index in [1.54, 1.807) is 42.5 Å². The summed E-state index contributed by atoms with van der Waals surface area (Å²) < 4.78 is 60.6. The first-order chi connectivity index (χ1) is 17.5. The molecule has 9 nitrogen and oxygen atoms in total. The second-order valence-corrected chi connectivity index (χ2v) is 12.2. The first kappa shape index (κ1) is 28.6. The third-order valence-corrected chi connectivity index (χ3v) is 8.86. The van der Waals surface area contributed by atoms with Crippen molar-refractivity contribution in [1.82, 2.24) is 14.3 Å². The first-order valence-corrected chi connectivity index (χ1v) is 14.5. The Morgan fingerprint density at radius 1 is 0.946 bits per heavy atom. The van der Waals surface area contributed by atoms with Gasteiger partial charge in [-0.15, -0.1) is 0 Å². The molecule has 0 aliphatic heterocycles. The van der Waals surface area contributed by atoms with Crippen molar-refractivity contribution in [3.63, 3.8) is 0 Å². The smallest absolute Gasteiger partial charge is 0.247 e. The van der Waals surface area contributed by atoms with Crippen molar-refractivity contribution in [2.75, 3.05) is 26.7 Å². The van der Waals surface area contributed by atoms with E-state index in [2.05, 4.69) is 10.0 Å². The van der Waals surface area contributed by atoms with Crippen LogP contribution >= 0.6 is 11.6 Å². The van der Waals surface area contributed by atoms with E-state index < -0.39 is 32.5 Å². The van der Waals surface area contributed by atoms with Crippen molar-refractivity contribution in [3.05, 3.63) is 88.9 Å². The molecule has 0 aromatic heterocycles. The highest BCUT2D eigenvalue weighted by Crippen LogP contribution is 2.30. The number of ether oxygens (including phenoxy) is 1. The third kappa shape index (κ3) is 7.76. The summed E-state index contributed by atoms with van der Waals surface area (Å²) in [5, 5.41) is 2.76. The van der Waals surface area contributed by atoms with Crippen molar-refractivity contribution in [2.45, 2.75) is 23.3 Å². The molecule has 3 aromatic carbocycles. The number of carbonyl (C=O) groups excluding carboxylic acids is 1. The van der Waals surface area contributed by atoms with Crippen LogP contribution in [0.2, 0.25) is 5.02 Å². The summed E-state index contributed by atoms with van der Waals surface area (Å²) in [6.45, 7) is 1.16. The van der Waals surface area contributed by atoms with Crippen LogP contribution in [0.4, 0.5) is 0 Å². The second kappa shape index (κ2) is 12.5. The monoisotopic (exact) mass is 565 g/mol. The van der Waals surface area contributed by atoms with Gasteiger partial charge in [-0.2, -0.15) is 4.31 Å². The Morgan fingerprint density at radius 2 is 1.62 bits per heavy atom. The highest BCUT2D eigenvalue weighted by Gasteiger charge is 2.30. The van der Waals surface area contributed by atoms with Crippen LogP contribution in [-0.2, 0) is 31.4 Å². The summed E-state index contributed by atoms with van der Waals surface area (Å²) in [6.07, 6.45) is 0. The Hall–Kier alpha value is -2.96. The number of methoxy groups -OCH3 is 1. The molecule has 2 N–H and O–H groups in total. The molecular formula is C25H28ClN3O6S2. The Balaban J connectivity index is 1.71. The van der Waals surface area contributed by atoms with E-state index in [1.165, 1.54) is 37.4 Å². The Labute approximate surface area is 222 Å². The molecule has 0 heterocycles. The molecule has 0 saturated heterocycles. The van der Waals surface area contributed by atoms with E-state index in [4.69, 9.17) is 16.3 Å². The molecule has 3 rings (SSSR count). The number of rotatable bonds is 12. The molecule has 0 aliphatic carbocycles. The number of hydrogen-bond acceptors (Lipinski definition) is 6. The number of benzene rings is 3. The third-order valence-electron chi connectivity index (χ3n) is 5.34. The van der Waals surface area contributed by atoms with Crippen molar-refractivity contribution in [1.29, 1.82) is 0 Å². The molecule has 0 radical (unpaired) electrons. The number of amides is 1. The zero-order chi connectivity index (χ0) is 27.1. The summed E-state index contributed by atoms with van der Waals surface area (Å²) in [4.78, 5) is 12.7. The fraction of sp³-hybridized carbons (Fsp3) is 0.240. The van der Waals surface area contributed by atoms with Crippen molar-refractivity contribution in [2.24, 2.45) is 0 Å². The summed E-state index contributed by atoms with van der Waals surface area (Å²) in [5.41, 5.74) is 1.60. The minimum absolute atomic E-state index is 0.0381. The normalized spacial score (nSPS) is 11.9. The molecule has 1 amide bonds. The van der Waals surface area contributed by atoms with E-state index in [0.717, 1.165) is 9.87 Å². The van der Waals surface area contributed by atoms with E-state index in [1.807, 2.05) is 6.92 Å². The summed E-state index contributed by atoms with van der Waals surface area (Å²) in [5.74, 6) is -0.511. The van der Waals surface area contributed by atoms with Gasteiger partial charge in [0.05, 0.1) is 18.6 Å². The van der Waals surface area contributed by atoms with Gasteiger partial charge in [-0.05, 0) is 42.8 Å². The number of nitrogens with one attached hydrogen (secondary N) is 2. The minimum Gasteiger partial charge on any atom is -0.495 e. The lowest BCUT2D eigenvalue weighted by Gasteiger charge is -2.23. The quantitative estimate of drug-likeness (QED) is 0.326. The predicted octanol–water partition coefficient (Wildman–Crippen LogP) is 2.94. The number of halogens is 1. The maximum atomic E-state index is 13.6. The molecule has 0 unspecified atom stereocenters. The van der Waals surface area contributed by atoms with Crippen LogP contribution in [0, 0.1) is 6.92 Å². The average Bonchev–Trinajstić information content (AvgIpc) is 2.87. The molecule has 0 fully saturated rings. The van der Waals surface area contributed by atoms with E-state index in [-0.39, 0.29) is 40.2 Å². The molecular weight excluding hydrogens is 538 g/mol. The SMILES string of the molecule is COc1ccc(Cl)cc1S(=O)(=O)N(CC(=O)NCCNS(=O)(=O)c1ccc(C)cc1)Cc1ccccc1. The zero-order valence-electron chi connectivity index (χ0n) is 20.3. The standard InChI is InChI=1S/C25H28ClN3O6S2/c1-19-8-11-22(12-9-19)36(31,32)28-15-14-27-25(30)18-29(17-20-6-4-3-5-7-20)37(33,34)24-16-21(26)10-13-23(24)35-2/h3-13,16,28H,14-15,17-18H2,1-2H3,(H,27,30). The molecule has 0 saturated carbocycles. The molecule has 0 aliphatic rings. The lowest BCUT2D eigenvalue weighted by molar-refractivity contribution is -0.121. The predicted molar refractivity (Wildman–Crippen MR) is 141 cm³/mol. The van der Waals surface area contributed by atoms with Crippen LogP contribution in [0.3, 0.4) is 0 Å². The van der Waals surface area contributed by atoms with Crippen LogP contribution < -0.4 is 14.8 Å². The molecule has 0 spiro atoms. The van der Waals surface area contributed by atoms with Crippen LogP contribution in [0.5, 0.6) is 5.75 Å². The summed E-state index contributed by atoms with van der Waals surface area (Å²) >= 11 is 6.05. The van der Waals surface area contributed by atoms with Crippen molar-refractivity contribution < 1.29 is 26.4 Å². The van der Waals surface area contributed by atoms with Gasteiger partial charge in [0.25, 0.3) is 0 Å². The Bertz CT molecular complexity index is 1430. The van der Waals surface area contributed by atoms with E-state index in [9.17, 15) is 21.6 Å². The largest absolute Gasteiger partial charge is 0.495 e. The zero-order valence-corrected chi connectivity index (χ0v) is 22.7. The topological polar surface area (TPSA) is 122 Å². The number of nitrogens with zero attached hydrogens (tertiary/aromatic N) is 1. The maximum Gasteiger partial charge on any atom is 0.247 e. The summed E-state index contributed by atoms with van der Waals surface area (Å²) in [7, 11) is -6.60. The van der Waals surface area contributed by atoms with Gasteiger partial charge in [-0.3, -0.25) is 4.79 Å². The van der Waals surface area contributed by atoms with Crippen LogP contribution in [-0.4, -0.2) is 53.8 Å². The minimum atomic E-state index is -4.20. The Morgan fingerprint density at radius 3 is 2.27 bits per heavy atom. The van der Waals surface area contributed by atoms with Gasteiger partial charge in [0.1, 0.15) is 10.6 Å².